The molecule has 6 heteroatoms. The molecule has 1 saturated heterocycles. The molecule has 1 aromatic rings. The first kappa shape index (κ1) is 19.8. The second-order valence-corrected chi connectivity index (χ2v) is 7.68. The maximum absolute atomic E-state index is 13.4. The van der Waals surface area contributed by atoms with Gasteiger partial charge in [0.1, 0.15) is 5.82 Å². The second-order valence-electron chi connectivity index (χ2n) is 7.68. The SMILES string of the molecule is CCN(C)C(=O)[C@@H](C1CCCC1)N1CCN(C(=O)c2cccc(F)c2)CC1. The summed E-state index contributed by atoms with van der Waals surface area (Å²) in [4.78, 5) is 31.5. The number of amides is 2. The molecular formula is C21H30FN3O2. The van der Waals surface area contributed by atoms with Crippen molar-refractivity contribution in [1.29, 1.82) is 0 Å². The lowest BCUT2D eigenvalue weighted by molar-refractivity contribution is -0.138. The Morgan fingerprint density at radius 2 is 1.85 bits per heavy atom. The van der Waals surface area contributed by atoms with Crippen LogP contribution in [0, 0.1) is 11.7 Å². The molecular weight excluding hydrogens is 345 g/mol. The molecule has 0 N–H and O–H groups in total. The van der Waals surface area contributed by atoms with Gasteiger partial charge < -0.3 is 9.80 Å². The van der Waals surface area contributed by atoms with Crippen molar-refractivity contribution in [2.75, 3.05) is 39.8 Å². The highest BCUT2D eigenvalue weighted by atomic mass is 19.1. The first-order valence-corrected chi connectivity index (χ1v) is 10.0. The van der Waals surface area contributed by atoms with Gasteiger partial charge in [-0.05, 0) is 43.9 Å². The Balaban J connectivity index is 1.66. The molecule has 5 nitrogen and oxygen atoms in total. The number of benzene rings is 1. The minimum absolute atomic E-state index is 0.0797. The lowest BCUT2D eigenvalue weighted by Gasteiger charge is -2.42. The normalized spacial score (nSPS) is 19.9. The molecule has 2 fully saturated rings. The molecule has 27 heavy (non-hydrogen) atoms. The Bertz CT molecular complexity index is 667. The monoisotopic (exact) mass is 375 g/mol. The van der Waals surface area contributed by atoms with Gasteiger partial charge in [0, 0.05) is 45.3 Å². The van der Waals surface area contributed by atoms with Crippen LogP contribution in [-0.2, 0) is 4.79 Å². The topological polar surface area (TPSA) is 43.9 Å². The summed E-state index contributed by atoms with van der Waals surface area (Å²) in [7, 11) is 1.87. The van der Waals surface area contributed by atoms with Gasteiger partial charge in [0.25, 0.3) is 5.91 Å². The van der Waals surface area contributed by atoms with Crippen LogP contribution in [0.25, 0.3) is 0 Å². The van der Waals surface area contributed by atoms with Crippen LogP contribution < -0.4 is 0 Å². The Labute approximate surface area is 161 Å². The van der Waals surface area contributed by atoms with E-state index in [-0.39, 0.29) is 17.9 Å². The zero-order valence-electron chi connectivity index (χ0n) is 16.4. The number of carbonyl (C=O) groups is 2. The number of piperazine rings is 1. The zero-order valence-corrected chi connectivity index (χ0v) is 16.4. The summed E-state index contributed by atoms with van der Waals surface area (Å²) in [6, 6.07) is 5.77. The zero-order chi connectivity index (χ0) is 19.4. The quantitative estimate of drug-likeness (QED) is 0.795. The second kappa shape index (κ2) is 8.83. The molecule has 1 aliphatic carbocycles. The van der Waals surface area contributed by atoms with E-state index in [1.807, 2.05) is 18.9 Å². The Morgan fingerprint density at radius 1 is 1.19 bits per heavy atom. The van der Waals surface area contributed by atoms with Gasteiger partial charge in [0.05, 0.1) is 6.04 Å². The van der Waals surface area contributed by atoms with E-state index in [1.165, 1.54) is 25.0 Å². The van der Waals surface area contributed by atoms with Crippen molar-refractivity contribution >= 4 is 11.8 Å². The summed E-state index contributed by atoms with van der Waals surface area (Å²) in [6.07, 6.45) is 4.61. The lowest BCUT2D eigenvalue weighted by atomic mass is 9.94. The minimum atomic E-state index is -0.394. The Kier molecular flexibility index (Phi) is 6.47. The number of hydrogen-bond acceptors (Lipinski definition) is 3. The number of carbonyl (C=O) groups excluding carboxylic acids is 2. The van der Waals surface area contributed by atoms with Crippen LogP contribution >= 0.6 is 0 Å². The largest absolute Gasteiger partial charge is 0.345 e. The molecule has 0 aromatic heterocycles. The summed E-state index contributed by atoms with van der Waals surface area (Å²) >= 11 is 0. The highest BCUT2D eigenvalue weighted by molar-refractivity contribution is 5.94. The third kappa shape index (κ3) is 4.49. The fourth-order valence-corrected chi connectivity index (χ4v) is 4.32. The average Bonchev–Trinajstić information content (AvgIpc) is 3.21. The number of nitrogens with zero attached hydrogens (tertiary/aromatic N) is 3. The van der Waals surface area contributed by atoms with E-state index in [2.05, 4.69) is 4.90 Å². The van der Waals surface area contributed by atoms with E-state index < -0.39 is 5.82 Å². The van der Waals surface area contributed by atoms with Crippen molar-refractivity contribution in [2.24, 2.45) is 5.92 Å². The number of hydrogen-bond donors (Lipinski definition) is 0. The minimum Gasteiger partial charge on any atom is -0.345 e. The molecule has 1 aliphatic heterocycles. The van der Waals surface area contributed by atoms with Crippen molar-refractivity contribution in [2.45, 2.75) is 38.6 Å². The molecule has 2 amide bonds. The maximum atomic E-state index is 13.4. The Hall–Kier alpha value is -1.95. The van der Waals surface area contributed by atoms with E-state index in [0.717, 1.165) is 12.8 Å². The van der Waals surface area contributed by atoms with Crippen molar-refractivity contribution in [1.82, 2.24) is 14.7 Å². The molecule has 3 rings (SSSR count). The van der Waals surface area contributed by atoms with Gasteiger partial charge in [-0.15, -0.1) is 0 Å². The van der Waals surface area contributed by atoms with Crippen molar-refractivity contribution in [3.63, 3.8) is 0 Å². The predicted molar refractivity (Wildman–Crippen MR) is 103 cm³/mol. The van der Waals surface area contributed by atoms with Gasteiger partial charge in [0.2, 0.25) is 5.91 Å². The third-order valence-electron chi connectivity index (χ3n) is 6.02. The van der Waals surface area contributed by atoms with Crippen LogP contribution in [0.2, 0.25) is 0 Å². The van der Waals surface area contributed by atoms with Gasteiger partial charge in [-0.2, -0.15) is 0 Å². The average molecular weight is 375 g/mol. The molecule has 0 spiro atoms. The van der Waals surface area contributed by atoms with E-state index in [9.17, 15) is 14.0 Å². The van der Waals surface area contributed by atoms with Gasteiger partial charge in [0.15, 0.2) is 0 Å². The maximum Gasteiger partial charge on any atom is 0.254 e. The van der Waals surface area contributed by atoms with Crippen LogP contribution in [0.5, 0.6) is 0 Å². The summed E-state index contributed by atoms with van der Waals surface area (Å²) in [5, 5.41) is 0. The smallest absolute Gasteiger partial charge is 0.254 e. The van der Waals surface area contributed by atoms with Crippen LogP contribution in [0.3, 0.4) is 0 Å². The van der Waals surface area contributed by atoms with E-state index in [1.54, 1.807) is 17.0 Å². The molecule has 1 aromatic carbocycles. The van der Waals surface area contributed by atoms with Gasteiger partial charge in [-0.3, -0.25) is 14.5 Å². The van der Waals surface area contributed by atoms with E-state index in [0.29, 0.717) is 44.2 Å². The predicted octanol–water partition coefficient (Wildman–Crippen LogP) is 2.62. The first-order chi connectivity index (χ1) is 13.0. The molecule has 148 valence electrons. The van der Waals surface area contributed by atoms with Crippen LogP contribution in [-0.4, -0.2) is 72.3 Å². The fraction of sp³-hybridized carbons (Fsp3) is 0.619. The summed E-state index contributed by atoms with van der Waals surface area (Å²) in [6.45, 7) is 5.22. The molecule has 0 radical (unpaired) electrons. The number of rotatable bonds is 5. The van der Waals surface area contributed by atoms with E-state index >= 15 is 0 Å². The molecule has 1 heterocycles. The summed E-state index contributed by atoms with van der Waals surface area (Å²) in [5.74, 6) is 0.0869. The highest BCUT2D eigenvalue weighted by Gasteiger charge is 2.38. The van der Waals surface area contributed by atoms with Gasteiger partial charge >= 0.3 is 0 Å². The third-order valence-corrected chi connectivity index (χ3v) is 6.02. The van der Waals surface area contributed by atoms with Crippen LogP contribution in [0.4, 0.5) is 4.39 Å². The summed E-state index contributed by atoms with van der Waals surface area (Å²) < 4.78 is 13.4. The molecule has 0 unspecified atom stereocenters. The van der Waals surface area contributed by atoms with Crippen molar-refractivity contribution in [3.05, 3.63) is 35.6 Å². The summed E-state index contributed by atoms with van der Waals surface area (Å²) in [5.41, 5.74) is 0.387. The number of likely N-dealkylation sites (N-methyl/N-ethyl adjacent to an activating group) is 1. The first-order valence-electron chi connectivity index (χ1n) is 10.0. The van der Waals surface area contributed by atoms with Crippen molar-refractivity contribution < 1.29 is 14.0 Å². The molecule has 2 aliphatic rings. The molecule has 0 bridgehead atoms. The van der Waals surface area contributed by atoms with Gasteiger partial charge in [-0.25, -0.2) is 4.39 Å². The fourth-order valence-electron chi connectivity index (χ4n) is 4.32. The van der Waals surface area contributed by atoms with Crippen molar-refractivity contribution in [3.8, 4) is 0 Å². The molecule has 1 saturated carbocycles. The van der Waals surface area contributed by atoms with Crippen LogP contribution in [0.15, 0.2) is 24.3 Å². The van der Waals surface area contributed by atoms with Crippen LogP contribution in [0.1, 0.15) is 43.0 Å². The van der Waals surface area contributed by atoms with Gasteiger partial charge in [-0.1, -0.05) is 18.9 Å². The highest BCUT2D eigenvalue weighted by Crippen LogP contribution is 2.32. The standard InChI is InChI=1S/C21H30FN3O2/c1-3-23(2)21(27)19(16-7-4-5-8-16)24-11-13-25(14-12-24)20(26)17-9-6-10-18(22)15-17/h6,9-10,15-16,19H,3-5,7-8,11-14H2,1-2H3/t19-/m1/s1. The number of halogens is 1. The molecule has 1 atom stereocenters. The Morgan fingerprint density at radius 3 is 2.44 bits per heavy atom. The van der Waals surface area contributed by atoms with E-state index in [4.69, 9.17) is 0 Å². The lowest BCUT2D eigenvalue weighted by Crippen LogP contribution is -2.58.